The Bertz CT molecular complexity index is 984. The summed E-state index contributed by atoms with van der Waals surface area (Å²) in [5.74, 6) is 1.28. The minimum absolute atomic E-state index is 0.349. The van der Waals surface area contributed by atoms with Crippen LogP contribution in [0.25, 0.3) is 0 Å². The van der Waals surface area contributed by atoms with Crippen molar-refractivity contribution in [2.45, 2.75) is 12.8 Å². The van der Waals surface area contributed by atoms with Crippen LogP contribution in [0.1, 0.15) is 27.7 Å². The van der Waals surface area contributed by atoms with Gasteiger partial charge in [0.15, 0.2) is 6.23 Å². The highest BCUT2D eigenvalue weighted by molar-refractivity contribution is 5.89. The summed E-state index contributed by atoms with van der Waals surface area (Å²) in [4.78, 5) is 13.9. The molecule has 0 saturated carbocycles. The van der Waals surface area contributed by atoms with Gasteiger partial charge in [0, 0.05) is 11.1 Å². The first-order valence-electron chi connectivity index (χ1n) is 9.04. The van der Waals surface area contributed by atoms with E-state index in [1.165, 1.54) is 7.11 Å². The molecule has 0 saturated heterocycles. The van der Waals surface area contributed by atoms with Crippen molar-refractivity contribution >= 4 is 11.7 Å². The van der Waals surface area contributed by atoms with Crippen LogP contribution >= 0.6 is 0 Å². The van der Waals surface area contributed by atoms with Gasteiger partial charge in [0.05, 0.1) is 32.0 Å². The first-order chi connectivity index (χ1) is 13.7. The van der Waals surface area contributed by atoms with Gasteiger partial charge in [-0.25, -0.2) is 4.79 Å². The Labute approximate surface area is 164 Å². The summed E-state index contributed by atoms with van der Waals surface area (Å²) in [6, 6.07) is 23.2. The zero-order valence-electron chi connectivity index (χ0n) is 15.8. The quantitative estimate of drug-likeness (QED) is 0.625. The molecule has 28 heavy (non-hydrogen) atoms. The molecule has 0 aliphatic carbocycles. The number of carbonyl (C=O) groups excluding carboxylic acids is 1. The number of ether oxygens (including phenoxy) is 3. The zero-order valence-corrected chi connectivity index (χ0v) is 15.8. The van der Waals surface area contributed by atoms with Crippen LogP contribution < -0.4 is 14.4 Å². The van der Waals surface area contributed by atoms with Crippen molar-refractivity contribution < 1.29 is 19.0 Å². The van der Waals surface area contributed by atoms with Gasteiger partial charge in [-0.3, -0.25) is 0 Å². The highest BCUT2D eigenvalue weighted by Crippen LogP contribution is 2.41. The van der Waals surface area contributed by atoms with Crippen LogP contribution in [0.2, 0.25) is 0 Å². The van der Waals surface area contributed by atoms with Crippen LogP contribution in [0.3, 0.4) is 0 Å². The van der Waals surface area contributed by atoms with E-state index in [1.54, 1.807) is 19.2 Å². The average Bonchev–Trinajstić information content (AvgIpc) is 2.77. The molecule has 142 valence electrons. The first kappa shape index (κ1) is 17.9. The predicted octanol–water partition coefficient (Wildman–Crippen LogP) is 4.58. The first-order valence-corrected chi connectivity index (χ1v) is 9.04. The van der Waals surface area contributed by atoms with Gasteiger partial charge < -0.3 is 19.1 Å². The average molecular weight is 375 g/mol. The number of hydrogen-bond donors (Lipinski definition) is 0. The number of hydrogen-bond acceptors (Lipinski definition) is 5. The van der Waals surface area contributed by atoms with E-state index in [0.29, 0.717) is 12.1 Å². The van der Waals surface area contributed by atoms with Crippen molar-refractivity contribution in [3.8, 4) is 11.5 Å². The topological polar surface area (TPSA) is 48.0 Å². The molecule has 5 nitrogen and oxygen atoms in total. The molecule has 3 aromatic rings. The predicted molar refractivity (Wildman–Crippen MR) is 107 cm³/mol. The van der Waals surface area contributed by atoms with Gasteiger partial charge in [-0.2, -0.15) is 0 Å². The summed E-state index contributed by atoms with van der Waals surface area (Å²) >= 11 is 0. The molecule has 0 spiro atoms. The van der Waals surface area contributed by atoms with Crippen molar-refractivity contribution in [3.63, 3.8) is 0 Å². The molecule has 4 rings (SSSR count). The Kier molecular flexibility index (Phi) is 4.89. The number of para-hydroxylation sites is 3. The molecule has 1 atom stereocenters. The van der Waals surface area contributed by atoms with Crippen molar-refractivity contribution in [2.24, 2.45) is 0 Å². The van der Waals surface area contributed by atoms with Crippen LogP contribution in [0.15, 0.2) is 72.8 Å². The second kappa shape index (κ2) is 7.64. The number of fused-ring (bicyclic) bond motifs is 1. The Morgan fingerprint density at radius 1 is 0.964 bits per heavy atom. The molecule has 0 amide bonds. The van der Waals surface area contributed by atoms with Crippen LogP contribution in [0.4, 0.5) is 5.69 Å². The lowest BCUT2D eigenvalue weighted by Crippen LogP contribution is -2.36. The summed E-state index contributed by atoms with van der Waals surface area (Å²) in [5, 5.41) is 0. The van der Waals surface area contributed by atoms with Gasteiger partial charge in [0.2, 0.25) is 0 Å². The molecule has 0 N–H and O–H groups in total. The van der Waals surface area contributed by atoms with Gasteiger partial charge in [0.1, 0.15) is 11.5 Å². The normalized spacial score (nSPS) is 15.4. The molecule has 5 heteroatoms. The molecule has 1 heterocycles. The minimum atomic E-state index is -0.358. The Morgan fingerprint density at radius 2 is 1.68 bits per heavy atom. The lowest BCUT2D eigenvalue weighted by Gasteiger charge is -2.39. The van der Waals surface area contributed by atoms with E-state index in [9.17, 15) is 4.79 Å². The lowest BCUT2D eigenvalue weighted by molar-refractivity contribution is 0.0600. The van der Waals surface area contributed by atoms with Crippen molar-refractivity contribution in [1.82, 2.24) is 0 Å². The maximum atomic E-state index is 11.8. The molecule has 1 aliphatic heterocycles. The zero-order chi connectivity index (χ0) is 19.5. The molecule has 0 radical (unpaired) electrons. The molecule has 3 aromatic carbocycles. The number of benzene rings is 3. The fourth-order valence-electron chi connectivity index (χ4n) is 3.43. The van der Waals surface area contributed by atoms with Gasteiger partial charge in [0.25, 0.3) is 0 Å². The molecule has 0 aromatic heterocycles. The summed E-state index contributed by atoms with van der Waals surface area (Å²) in [6.45, 7) is 0.681. The molecular weight excluding hydrogens is 354 g/mol. The van der Waals surface area contributed by atoms with E-state index in [2.05, 4.69) is 11.0 Å². The van der Waals surface area contributed by atoms with Crippen LogP contribution in [0.5, 0.6) is 11.5 Å². The van der Waals surface area contributed by atoms with E-state index in [4.69, 9.17) is 14.2 Å². The third-order valence-electron chi connectivity index (χ3n) is 4.85. The van der Waals surface area contributed by atoms with Crippen molar-refractivity contribution in [3.05, 3.63) is 89.5 Å². The third-order valence-corrected chi connectivity index (χ3v) is 4.85. The number of esters is 1. The Morgan fingerprint density at radius 3 is 2.43 bits per heavy atom. The monoisotopic (exact) mass is 375 g/mol. The van der Waals surface area contributed by atoms with E-state index >= 15 is 0 Å². The number of carbonyl (C=O) groups is 1. The standard InChI is InChI=1S/C23H21NO4/c1-26-21-10-6-4-8-19(21)24-15-18-7-3-5-9-20(18)28-22(24)16-11-13-17(14-12-16)23(25)27-2/h3-14,22H,15H2,1-2H3/t22-/m0/s1. The number of anilines is 1. The largest absolute Gasteiger partial charge is 0.495 e. The second-order valence-electron chi connectivity index (χ2n) is 6.49. The fraction of sp³-hybridized carbons (Fsp3) is 0.174. The van der Waals surface area contributed by atoms with Crippen LogP contribution in [0, 0.1) is 0 Å². The summed E-state index contributed by atoms with van der Waals surface area (Å²) in [5.41, 5.74) is 3.50. The van der Waals surface area contributed by atoms with Gasteiger partial charge in [-0.1, -0.05) is 42.5 Å². The van der Waals surface area contributed by atoms with Gasteiger partial charge >= 0.3 is 5.97 Å². The molecular formula is C23H21NO4. The third kappa shape index (κ3) is 3.27. The number of methoxy groups -OCH3 is 2. The molecule has 0 unspecified atom stereocenters. The van der Waals surface area contributed by atoms with Crippen LogP contribution in [-0.4, -0.2) is 20.2 Å². The van der Waals surface area contributed by atoms with Gasteiger partial charge in [-0.15, -0.1) is 0 Å². The van der Waals surface area contributed by atoms with Crippen molar-refractivity contribution in [2.75, 3.05) is 19.1 Å². The summed E-state index contributed by atoms with van der Waals surface area (Å²) in [6.07, 6.45) is -0.349. The highest BCUT2D eigenvalue weighted by Gasteiger charge is 2.30. The van der Waals surface area contributed by atoms with E-state index < -0.39 is 0 Å². The lowest BCUT2D eigenvalue weighted by atomic mass is 10.1. The molecule has 0 fully saturated rings. The number of nitrogens with zero attached hydrogens (tertiary/aromatic N) is 1. The van der Waals surface area contributed by atoms with Gasteiger partial charge in [-0.05, 0) is 30.3 Å². The van der Waals surface area contributed by atoms with Crippen LogP contribution in [-0.2, 0) is 11.3 Å². The maximum Gasteiger partial charge on any atom is 0.337 e. The molecule has 1 aliphatic rings. The summed E-state index contributed by atoms with van der Waals surface area (Å²) in [7, 11) is 3.04. The Hall–Kier alpha value is -3.47. The molecule has 0 bridgehead atoms. The summed E-state index contributed by atoms with van der Waals surface area (Å²) < 4.78 is 16.7. The maximum absolute atomic E-state index is 11.8. The minimum Gasteiger partial charge on any atom is -0.495 e. The van der Waals surface area contributed by atoms with E-state index in [-0.39, 0.29) is 12.2 Å². The number of rotatable bonds is 4. The highest BCUT2D eigenvalue weighted by atomic mass is 16.5. The van der Waals surface area contributed by atoms with E-state index in [0.717, 1.165) is 28.3 Å². The Balaban J connectivity index is 1.77. The SMILES string of the molecule is COC(=O)c1ccc([C@@H]2Oc3ccccc3CN2c2ccccc2OC)cc1. The second-order valence-corrected chi connectivity index (χ2v) is 6.49. The van der Waals surface area contributed by atoms with E-state index in [1.807, 2.05) is 54.6 Å². The smallest absolute Gasteiger partial charge is 0.337 e. The fourth-order valence-corrected chi connectivity index (χ4v) is 3.43. The van der Waals surface area contributed by atoms with Crippen molar-refractivity contribution in [1.29, 1.82) is 0 Å².